The molecule has 2 unspecified atom stereocenters. The second kappa shape index (κ2) is 8.44. The highest BCUT2D eigenvalue weighted by Crippen LogP contribution is 2.35. The summed E-state index contributed by atoms with van der Waals surface area (Å²) in [6.07, 6.45) is 3.75. The number of carbonyl (C=O) groups excluding carboxylic acids is 1. The monoisotopic (exact) mass is 416 g/mol. The Balaban J connectivity index is 1.62. The fraction of sp³-hybridized carbons (Fsp3) is 0.435. The Morgan fingerprint density at radius 1 is 1.07 bits per heavy atom. The third-order valence-electron chi connectivity index (χ3n) is 6.00. The molecule has 1 saturated heterocycles. The number of hydrogen-bond donors (Lipinski definition) is 0. The van der Waals surface area contributed by atoms with Crippen LogP contribution in [-0.2, 0) is 17.6 Å². The molecule has 0 aromatic heterocycles. The van der Waals surface area contributed by atoms with Gasteiger partial charge in [0.2, 0.25) is 5.91 Å². The summed E-state index contributed by atoms with van der Waals surface area (Å²) in [6.45, 7) is 5.33. The number of nitrogens with zero attached hydrogens (tertiary/aromatic N) is 2. The molecule has 2 aromatic rings. The zero-order valence-corrected chi connectivity index (χ0v) is 17.7. The highest BCUT2D eigenvalue weighted by molar-refractivity contribution is 6.42. The maximum Gasteiger partial charge on any atom is 0.227 e. The number of fused-ring (bicyclic) bond motifs is 1. The summed E-state index contributed by atoms with van der Waals surface area (Å²) in [5.74, 6) is 0.157. The molecule has 2 heterocycles. The summed E-state index contributed by atoms with van der Waals surface area (Å²) in [7, 11) is 0. The van der Waals surface area contributed by atoms with Gasteiger partial charge in [0, 0.05) is 12.6 Å². The van der Waals surface area contributed by atoms with Crippen LogP contribution < -0.4 is 0 Å². The molecule has 5 heteroatoms. The van der Waals surface area contributed by atoms with Gasteiger partial charge in [0.05, 0.1) is 22.5 Å². The van der Waals surface area contributed by atoms with Crippen LogP contribution in [-0.4, -0.2) is 41.4 Å². The van der Waals surface area contributed by atoms with E-state index in [0.29, 0.717) is 16.5 Å². The van der Waals surface area contributed by atoms with E-state index in [4.69, 9.17) is 23.2 Å². The standard InChI is InChI=1S/C23H26Cl2N2O/c1-16-12-18-6-2-3-7-19(18)22(15-26-10-4-5-11-26)27(16)23(28)14-17-8-9-20(24)21(25)13-17/h2-3,6-9,13,16,22H,4-5,10-12,14-15H2,1H3. The first-order valence-electron chi connectivity index (χ1n) is 10.1. The molecule has 0 saturated carbocycles. The molecule has 0 bridgehead atoms. The summed E-state index contributed by atoms with van der Waals surface area (Å²) in [5, 5.41) is 1.02. The van der Waals surface area contributed by atoms with E-state index in [1.165, 1.54) is 24.0 Å². The summed E-state index contributed by atoms with van der Waals surface area (Å²) < 4.78 is 0. The van der Waals surface area contributed by atoms with Crippen molar-refractivity contribution in [2.24, 2.45) is 0 Å². The first-order chi connectivity index (χ1) is 13.5. The van der Waals surface area contributed by atoms with Gasteiger partial charge in [-0.3, -0.25) is 4.79 Å². The molecular weight excluding hydrogens is 391 g/mol. The summed E-state index contributed by atoms with van der Waals surface area (Å²) >= 11 is 12.2. The van der Waals surface area contributed by atoms with Crippen LogP contribution in [0.15, 0.2) is 42.5 Å². The lowest BCUT2D eigenvalue weighted by molar-refractivity contribution is -0.136. The Kier molecular flexibility index (Phi) is 5.96. The fourth-order valence-corrected chi connectivity index (χ4v) is 4.97. The van der Waals surface area contributed by atoms with E-state index >= 15 is 0 Å². The van der Waals surface area contributed by atoms with Crippen molar-refractivity contribution >= 4 is 29.1 Å². The number of amides is 1. The van der Waals surface area contributed by atoms with Gasteiger partial charge < -0.3 is 9.80 Å². The van der Waals surface area contributed by atoms with Crippen LogP contribution in [0, 0.1) is 0 Å². The first kappa shape index (κ1) is 19.8. The van der Waals surface area contributed by atoms with E-state index in [9.17, 15) is 4.79 Å². The van der Waals surface area contributed by atoms with E-state index in [-0.39, 0.29) is 18.0 Å². The number of halogens is 2. The van der Waals surface area contributed by atoms with Crippen molar-refractivity contribution in [3.8, 4) is 0 Å². The Hall–Kier alpha value is -1.55. The SMILES string of the molecule is CC1Cc2ccccc2C(CN2CCCC2)N1C(=O)Cc1ccc(Cl)c(Cl)c1. The van der Waals surface area contributed by atoms with Gasteiger partial charge in [0.15, 0.2) is 0 Å². The van der Waals surface area contributed by atoms with Gasteiger partial charge in [0.1, 0.15) is 0 Å². The molecule has 28 heavy (non-hydrogen) atoms. The lowest BCUT2D eigenvalue weighted by atomic mass is 9.87. The second-order valence-electron chi connectivity index (χ2n) is 8.00. The van der Waals surface area contributed by atoms with Gasteiger partial charge in [-0.2, -0.15) is 0 Å². The molecule has 1 amide bonds. The largest absolute Gasteiger partial charge is 0.331 e. The predicted octanol–water partition coefficient (Wildman–Crippen LogP) is 5.15. The van der Waals surface area contributed by atoms with E-state index in [1.807, 2.05) is 6.07 Å². The quantitative estimate of drug-likeness (QED) is 0.687. The van der Waals surface area contributed by atoms with Crippen molar-refractivity contribution in [3.05, 3.63) is 69.2 Å². The minimum Gasteiger partial charge on any atom is -0.331 e. The smallest absolute Gasteiger partial charge is 0.227 e. The van der Waals surface area contributed by atoms with Crippen molar-refractivity contribution < 1.29 is 4.79 Å². The number of rotatable bonds is 4. The Morgan fingerprint density at radius 2 is 1.82 bits per heavy atom. The van der Waals surface area contributed by atoms with Gasteiger partial charge in [-0.15, -0.1) is 0 Å². The van der Waals surface area contributed by atoms with Crippen LogP contribution in [0.2, 0.25) is 10.0 Å². The number of benzene rings is 2. The first-order valence-corrected chi connectivity index (χ1v) is 10.8. The average Bonchev–Trinajstić information content (AvgIpc) is 3.18. The molecule has 1 fully saturated rings. The average molecular weight is 417 g/mol. The maximum atomic E-state index is 13.4. The van der Waals surface area contributed by atoms with Gasteiger partial charge >= 0.3 is 0 Å². The normalized spacial score (nSPS) is 22.3. The number of carbonyl (C=O) groups is 1. The Morgan fingerprint density at radius 3 is 2.57 bits per heavy atom. The van der Waals surface area contributed by atoms with Gasteiger partial charge in [-0.25, -0.2) is 0 Å². The minimum atomic E-state index is 0.105. The number of likely N-dealkylation sites (tertiary alicyclic amines) is 1. The van der Waals surface area contributed by atoms with Crippen molar-refractivity contribution in [2.45, 2.75) is 44.7 Å². The van der Waals surface area contributed by atoms with Crippen LogP contribution in [0.4, 0.5) is 0 Å². The zero-order chi connectivity index (χ0) is 19.7. The molecule has 4 rings (SSSR count). The van der Waals surface area contributed by atoms with Gasteiger partial charge in [-0.1, -0.05) is 53.5 Å². The van der Waals surface area contributed by atoms with Crippen molar-refractivity contribution in [1.29, 1.82) is 0 Å². The third-order valence-corrected chi connectivity index (χ3v) is 6.74. The Bertz CT molecular complexity index is 863. The van der Waals surface area contributed by atoms with E-state index in [0.717, 1.165) is 31.6 Å². The molecule has 2 aliphatic heterocycles. The van der Waals surface area contributed by atoms with Crippen molar-refractivity contribution in [2.75, 3.05) is 19.6 Å². The molecule has 2 aliphatic rings. The van der Waals surface area contributed by atoms with Crippen LogP contribution in [0.1, 0.15) is 42.5 Å². The van der Waals surface area contributed by atoms with E-state index in [1.54, 1.807) is 12.1 Å². The van der Waals surface area contributed by atoms with Crippen LogP contribution in [0.5, 0.6) is 0 Å². The summed E-state index contributed by atoms with van der Waals surface area (Å²) in [6, 6.07) is 14.4. The number of hydrogen-bond acceptors (Lipinski definition) is 2. The lowest BCUT2D eigenvalue weighted by Crippen LogP contribution is -2.49. The third kappa shape index (κ3) is 4.07. The van der Waals surface area contributed by atoms with Crippen LogP contribution in [0.3, 0.4) is 0 Å². The molecule has 2 aromatic carbocycles. The maximum absolute atomic E-state index is 13.4. The van der Waals surface area contributed by atoms with Crippen LogP contribution >= 0.6 is 23.2 Å². The van der Waals surface area contributed by atoms with Gasteiger partial charge in [-0.05, 0) is 68.1 Å². The van der Waals surface area contributed by atoms with E-state index < -0.39 is 0 Å². The van der Waals surface area contributed by atoms with Crippen molar-refractivity contribution in [1.82, 2.24) is 9.80 Å². The second-order valence-corrected chi connectivity index (χ2v) is 8.82. The van der Waals surface area contributed by atoms with E-state index in [2.05, 4.69) is 41.0 Å². The molecular formula is C23H26Cl2N2O. The van der Waals surface area contributed by atoms with Crippen LogP contribution in [0.25, 0.3) is 0 Å². The molecule has 3 nitrogen and oxygen atoms in total. The molecule has 0 N–H and O–H groups in total. The fourth-order valence-electron chi connectivity index (χ4n) is 4.65. The Labute approximate surface area is 177 Å². The highest BCUT2D eigenvalue weighted by Gasteiger charge is 2.36. The highest BCUT2D eigenvalue weighted by atomic mass is 35.5. The minimum absolute atomic E-state index is 0.105. The zero-order valence-electron chi connectivity index (χ0n) is 16.2. The molecule has 0 radical (unpaired) electrons. The molecule has 0 spiro atoms. The topological polar surface area (TPSA) is 23.6 Å². The lowest BCUT2D eigenvalue weighted by Gasteiger charge is -2.43. The van der Waals surface area contributed by atoms with Gasteiger partial charge in [0.25, 0.3) is 0 Å². The summed E-state index contributed by atoms with van der Waals surface area (Å²) in [4.78, 5) is 18.0. The molecule has 148 valence electrons. The predicted molar refractivity (Wildman–Crippen MR) is 115 cm³/mol. The summed E-state index contributed by atoms with van der Waals surface area (Å²) in [5.41, 5.74) is 3.58. The molecule has 0 aliphatic carbocycles. The van der Waals surface area contributed by atoms with Crippen molar-refractivity contribution in [3.63, 3.8) is 0 Å². The molecule has 2 atom stereocenters.